The lowest BCUT2D eigenvalue weighted by atomic mass is 9.98. The second kappa shape index (κ2) is 11.3. The molecule has 5 nitrogen and oxygen atoms in total. The molecule has 0 aliphatic carbocycles. The maximum Gasteiger partial charge on any atom is 0.193 e. The smallest absolute Gasteiger partial charge is 0.193 e. The number of nitrogens with zero attached hydrogens (tertiary/aromatic N) is 2. The zero-order valence-corrected chi connectivity index (χ0v) is 19.8. The van der Waals surface area contributed by atoms with Crippen LogP contribution in [0.4, 0.5) is 8.78 Å². The molecule has 2 aromatic rings. The summed E-state index contributed by atoms with van der Waals surface area (Å²) in [6, 6.07) is 9.63. The van der Waals surface area contributed by atoms with Gasteiger partial charge in [0.2, 0.25) is 0 Å². The van der Waals surface area contributed by atoms with Crippen LogP contribution in [0.2, 0.25) is 0 Å². The van der Waals surface area contributed by atoms with Gasteiger partial charge in [-0.3, -0.25) is 4.99 Å². The van der Waals surface area contributed by atoms with E-state index < -0.39 is 11.6 Å². The predicted molar refractivity (Wildman–Crippen MR) is 125 cm³/mol. The number of hydrogen-bond donors (Lipinski definition) is 1. The van der Waals surface area contributed by atoms with Crippen molar-refractivity contribution >= 4 is 29.9 Å². The van der Waals surface area contributed by atoms with Crippen LogP contribution in [0.1, 0.15) is 23.5 Å². The molecule has 2 aromatic carbocycles. The number of halogens is 3. The molecule has 164 valence electrons. The SMILES string of the molecule is CN=C(NCCc1ccc(F)cc1F)N1CCC(c2cc(OC)cc(OC)c2)C1.I. The van der Waals surface area contributed by atoms with Gasteiger partial charge in [0.05, 0.1) is 14.2 Å². The topological polar surface area (TPSA) is 46.1 Å². The second-order valence-corrected chi connectivity index (χ2v) is 7.04. The quantitative estimate of drug-likeness (QED) is 0.345. The molecule has 1 saturated heterocycles. The zero-order chi connectivity index (χ0) is 20.8. The van der Waals surface area contributed by atoms with Gasteiger partial charge in [0.25, 0.3) is 0 Å². The van der Waals surface area contributed by atoms with Crippen LogP contribution < -0.4 is 14.8 Å². The first-order valence-electron chi connectivity index (χ1n) is 9.66. The number of guanidine groups is 1. The Labute approximate surface area is 193 Å². The van der Waals surface area contributed by atoms with E-state index in [1.54, 1.807) is 21.3 Å². The minimum atomic E-state index is -0.563. The number of nitrogens with one attached hydrogen (secondary N) is 1. The number of hydrogen-bond acceptors (Lipinski definition) is 3. The van der Waals surface area contributed by atoms with E-state index in [1.165, 1.54) is 17.7 Å². The van der Waals surface area contributed by atoms with Gasteiger partial charge in [-0.2, -0.15) is 0 Å². The minimum absolute atomic E-state index is 0. The van der Waals surface area contributed by atoms with Crippen molar-refractivity contribution < 1.29 is 18.3 Å². The molecule has 0 spiro atoms. The van der Waals surface area contributed by atoms with Gasteiger partial charge in [-0.05, 0) is 42.2 Å². The summed E-state index contributed by atoms with van der Waals surface area (Å²) in [5.74, 6) is 1.60. The Morgan fingerprint density at radius 3 is 2.43 bits per heavy atom. The summed E-state index contributed by atoms with van der Waals surface area (Å²) in [5.41, 5.74) is 1.66. The van der Waals surface area contributed by atoms with Gasteiger partial charge >= 0.3 is 0 Å². The van der Waals surface area contributed by atoms with Gasteiger partial charge in [-0.25, -0.2) is 8.78 Å². The number of aliphatic imine (C=N–C) groups is 1. The van der Waals surface area contributed by atoms with Gasteiger partial charge in [0.15, 0.2) is 5.96 Å². The average Bonchev–Trinajstić information content (AvgIpc) is 3.22. The highest BCUT2D eigenvalue weighted by atomic mass is 127. The number of likely N-dealkylation sites (tertiary alicyclic amines) is 1. The van der Waals surface area contributed by atoms with Gasteiger partial charge in [0, 0.05) is 44.7 Å². The van der Waals surface area contributed by atoms with Crippen molar-refractivity contribution in [2.75, 3.05) is 40.9 Å². The van der Waals surface area contributed by atoms with Crippen LogP contribution in [0.5, 0.6) is 11.5 Å². The number of ether oxygens (including phenoxy) is 2. The first-order valence-corrected chi connectivity index (χ1v) is 9.66. The Morgan fingerprint density at radius 1 is 1.13 bits per heavy atom. The van der Waals surface area contributed by atoms with E-state index >= 15 is 0 Å². The zero-order valence-electron chi connectivity index (χ0n) is 17.5. The molecule has 3 rings (SSSR count). The Bertz CT molecular complexity index is 857. The summed E-state index contributed by atoms with van der Waals surface area (Å²) in [6.07, 6.45) is 1.44. The van der Waals surface area contributed by atoms with Crippen LogP contribution in [0, 0.1) is 11.6 Å². The molecular formula is C22H28F2IN3O2. The summed E-state index contributed by atoms with van der Waals surface area (Å²) in [4.78, 5) is 6.55. The van der Waals surface area contributed by atoms with E-state index in [2.05, 4.69) is 15.2 Å². The van der Waals surface area contributed by atoms with Crippen LogP contribution in [0.25, 0.3) is 0 Å². The summed E-state index contributed by atoms with van der Waals surface area (Å²) in [7, 11) is 5.03. The molecule has 0 saturated carbocycles. The van der Waals surface area contributed by atoms with Gasteiger partial charge in [0.1, 0.15) is 23.1 Å². The molecule has 1 atom stereocenters. The molecule has 0 bridgehead atoms. The molecule has 1 heterocycles. The largest absolute Gasteiger partial charge is 0.497 e. The molecule has 1 unspecified atom stereocenters. The summed E-state index contributed by atoms with van der Waals surface area (Å²) in [5, 5.41) is 3.28. The normalized spacial score (nSPS) is 16.2. The highest BCUT2D eigenvalue weighted by Crippen LogP contribution is 2.32. The molecule has 8 heteroatoms. The van der Waals surface area contributed by atoms with Crippen LogP contribution in [0.15, 0.2) is 41.4 Å². The van der Waals surface area contributed by atoms with Gasteiger partial charge in [-0.1, -0.05) is 6.07 Å². The Kier molecular flexibility index (Phi) is 9.13. The maximum absolute atomic E-state index is 13.8. The van der Waals surface area contributed by atoms with Crippen LogP contribution >= 0.6 is 24.0 Å². The molecule has 1 aliphatic heterocycles. The van der Waals surface area contributed by atoms with Gasteiger partial charge < -0.3 is 19.7 Å². The monoisotopic (exact) mass is 531 g/mol. The van der Waals surface area contributed by atoms with Crippen LogP contribution in [-0.4, -0.2) is 51.8 Å². The lowest BCUT2D eigenvalue weighted by molar-refractivity contribution is 0.392. The van der Waals surface area contributed by atoms with Crippen molar-refractivity contribution in [1.82, 2.24) is 10.2 Å². The average molecular weight is 531 g/mol. The lowest BCUT2D eigenvalue weighted by Gasteiger charge is -2.22. The Balaban J connectivity index is 0.00000320. The summed E-state index contributed by atoms with van der Waals surface area (Å²) < 4.78 is 37.6. The second-order valence-electron chi connectivity index (χ2n) is 7.04. The van der Waals surface area contributed by atoms with Crippen molar-refractivity contribution in [3.63, 3.8) is 0 Å². The van der Waals surface area contributed by atoms with E-state index in [0.717, 1.165) is 43.0 Å². The van der Waals surface area contributed by atoms with Crippen molar-refractivity contribution in [3.05, 3.63) is 59.2 Å². The third-order valence-electron chi connectivity index (χ3n) is 5.24. The van der Waals surface area contributed by atoms with Crippen molar-refractivity contribution in [1.29, 1.82) is 0 Å². The number of methoxy groups -OCH3 is 2. The van der Waals surface area contributed by atoms with E-state index in [9.17, 15) is 8.78 Å². The van der Waals surface area contributed by atoms with Crippen LogP contribution in [0.3, 0.4) is 0 Å². The number of rotatable bonds is 6. The first kappa shape index (κ1) is 24.2. The minimum Gasteiger partial charge on any atom is -0.497 e. The van der Waals surface area contributed by atoms with Crippen molar-refractivity contribution in [2.24, 2.45) is 4.99 Å². The lowest BCUT2D eigenvalue weighted by Crippen LogP contribution is -2.40. The molecule has 1 N–H and O–H groups in total. The fraction of sp³-hybridized carbons (Fsp3) is 0.409. The third kappa shape index (κ3) is 5.96. The highest BCUT2D eigenvalue weighted by Gasteiger charge is 2.26. The molecule has 1 fully saturated rings. The van der Waals surface area contributed by atoms with Crippen LogP contribution in [-0.2, 0) is 6.42 Å². The maximum atomic E-state index is 13.8. The number of benzene rings is 2. The predicted octanol–water partition coefficient (Wildman–Crippen LogP) is 4.21. The fourth-order valence-corrected chi connectivity index (χ4v) is 3.66. The molecule has 1 aliphatic rings. The van der Waals surface area contributed by atoms with E-state index in [1.807, 2.05) is 18.2 Å². The summed E-state index contributed by atoms with van der Waals surface area (Å²) in [6.45, 7) is 2.21. The summed E-state index contributed by atoms with van der Waals surface area (Å²) >= 11 is 0. The van der Waals surface area contributed by atoms with Crippen molar-refractivity contribution in [2.45, 2.75) is 18.8 Å². The van der Waals surface area contributed by atoms with E-state index in [-0.39, 0.29) is 24.0 Å². The molecule has 0 aromatic heterocycles. The van der Waals surface area contributed by atoms with Gasteiger partial charge in [-0.15, -0.1) is 24.0 Å². The highest BCUT2D eigenvalue weighted by molar-refractivity contribution is 14.0. The first-order chi connectivity index (χ1) is 14.0. The van der Waals surface area contributed by atoms with Crippen molar-refractivity contribution in [3.8, 4) is 11.5 Å². The Morgan fingerprint density at radius 2 is 1.83 bits per heavy atom. The Hall–Kier alpha value is -2.10. The standard InChI is InChI=1S/C22H27F2N3O2.HI/c1-25-22(26-8-6-15-4-5-18(23)12-21(15)24)27-9-7-16(14-27)17-10-19(28-2)13-20(11-17)29-3;/h4-5,10-13,16H,6-9,14H2,1-3H3,(H,25,26);1H. The van der Waals surface area contributed by atoms with E-state index in [0.29, 0.717) is 24.4 Å². The van der Waals surface area contributed by atoms with E-state index in [4.69, 9.17) is 9.47 Å². The fourth-order valence-electron chi connectivity index (χ4n) is 3.66. The molecule has 0 radical (unpaired) electrons. The molecule has 30 heavy (non-hydrogen) atoms. The third-order valence-corrected chi connectivity index (χ3v) is 5.24. The molecule has 0 amide bonds. The molecular weight excluding hydrogens is 503 g/mol.